The molecule has 0 spiro atoms. The first-order valence-electron chi connectivity index (χ1n) is 10.0. The lowest BCUT2D eigenvalue weighted by molar-refractivity contribution is 0.284. The molecule has 0 aliphatic heterocycles. The Labute approximate surface area is 207 Å². The second kappa shape index (κ2) is 10.2. The van der Waals surface area contributed by atoms with E-state index in [1.807, 2.05) is 48.5 Å². The van der Waals surface area contributed by atoms with E-state index in [1.54, 1.807) is 37.5 Å². The minimum absolute atomic E-state index is 0.239. The summed E-state index contributed by atoms with van der Waals surface area (Å²) in [7, 11) is 1.54. The van der Waals surface area contributed by atoms with E-state index in [0.717, 1.165) is 27.5 Å². The highest BCUT2D eigenvalue weighted by Crippen LogP contribution is 2.38. The first-order valence-corrected chi connectivity index (χ1v) is 11.2. The van der Waals surface area contributed by atoms with Crippen LogP contribution in [-0.4, -0.2) is 7.11 Å². The molecule has 0 aliphatic rings. The maximum absolute atomic E-state index is 9.79. The molecule has 0 atom stereocenters. The quantitative estimate of drug-likeness (QED) is 0.199. The number of rotatable bonds is 6. The van der Waals surface area contributed by atoms with Gasteiger partial charge in [-0.1, -0.05) is 77.3 Å². The molecular formula is C27H18Cl3NO2. The number of allylic oxidation sites excluding steroid dienone is 1. The van der Waals surface area contributed by atoms with Crippen LogP contribution in [0, 0.1) is 11.3 Å². The van der Waals surface area contributed by atoms with E-state index in [9.17, 15) is 5.26 Å². The number of fused-ring (bicyclic) bond motifs is 1. The number of hydrogen-bond donors (Lipinski definition) is 0. The van der Waals surface area contributed by atoms with Crippen molar-refractivity contribution in [2.24, 2.45) is 0 Å². The molecule has 0 aliphatic carbocycles. The molecule has 4 aromatic rings. The minimum Gasteiger partial charge on any atom is -0.493 e. The number of methoxy groups -OCH3 is 1. The summed E-state index contributed by atoms with van der Waals surface area (Å²) < 4.78 is 11.4. The maximum Gasteiger partial charge on any atom is 0.180 e. The Bertz CT molecular complexity index is 1410. The highest BCUT2D eigenvalue weighted by molar-refractivity contribution is 6.42. The van der Waals surface area contributed by atoms with Crippen LogP contribution in [0.25, 0.3) is 22.4 Å². The maximum atomic E-state index is 9.79. The third-order valence-electron chi connectivity index (χ3n) is 5.11. The number of hydrogen-bond acceptors (Lipinski definition) is 3. The smallest absolute Gasteiger partial charge is 0.180 e. The van der Waals surface area contributed by atoms with Crippen molar-refractivity contribution in [3.8, 4) is 17.6 Å². The number of halogens is 3. The Hall–Kier alpha value is -3.16. The van der Waals surface area contributed by atoms with Crippen LogP contribution in [0.1, 0.15) is 16.7 Å². The van der Waals surface area contributed by atoms with Crippen molar-refractivity contribution >= 4 is 57.2 Å². The van der Waals surface area contributed by atoms with Gasteiger partial charge in [-0.25, -0.2) is 0 Å². The van der Waals surface area contributed by atoms with Gasteiger partial charge < -0.3 is 9.47 Å². The highest BCUT2D eigenvalue weighted by Gasteiger charge is 2.13. The Kier molecular flexibility index (Phi) is 7.11. The first-order chi connectivity index (χ1) is 16.0. The Morgan fingerprint density at radius 1 is 0.879 bits per heavy atom. The lowest BCUT2D eigenvalue weighted by atomic mass is 10.00. The van der Waals surface area contributed by atoms with Crippen molar-refractivity contribution in [1.29, 1.82) is 5.26 Å². The van der Waals surface area contributed by atoms with Crippen molar-refractivity contribution in [2.45, 2.75) is 6.61 Å². The van der Waals surface area contributed by atoms with Gasteiger partial charge in [-0.05, 0) is 63.9 Å². The molecule has 0 heterocycles. The van der Waals surface area contributed by atoms with Crippen molar-refractivity contribution in [3.05, 3.63) is 105 Å². The average Bonchev–Trinajstić information content (AvgIpc) is 2.83. The molecule has 33 heavy (non-hydrogen) atoms. The van der Waals surface area contributed by atoms with Crippen LogP contribution in [0.5, 0.6) is 11.5 Å². The molecule has 0 unspecified atom stereocenters. The van der Waals surface area contributed by atoms with Crippen LogP contribution in [-0.2, 0) is 6.61 Å². The molecule has 0 radical (unpaired) electrons. The zero-order chi connectivity index (χ0) is 23.4. The minimum atomic E-state index is 0.239. The van der Waals surface area contributed by atoms with Crippen molar-refractivity contribution in [1.82, 2.24) is 0 Å². The van der Waals surface area contributed by atoms with E-state index in [-0.39, 0.29) is 6.61 Å². The van der Waals surface area contributed by atoms with E-state index >= 15 is 0 Å². The van der Waals surface area contributed by atoms with Gasteiger partial charge in [-0.3, -0.25) is 0 Å². The standard InChI is InChI=1S/C27H18Cl3NO2/c1-32-26-13-18(10-22(15-31)21-8-7-19-4-2-3-5-20(19)14-21)12-25(30)27(26)33-16-17-6-9-23(28)24(29)11-17/h2-14H,16H2,1H3/b22-10-. The van der Waals surface area contributed by atoms with Crippen LogP contribution in [0.4, 0.5) is 0 Å². The molecule has 0 bridgehead atoms. The largest absolute Gasteiger partial charge is 0.493 e. The van der Waals surface area contributed by atoms with Crippen LogP contribution in [0.2, 0.25) is 15.1 Å². The summed E-state index contributed by atoms with van der Waals surface area (Å²) >= 11 is 18.6. The molecular weight excluding hydrogens is 477 g/mol. The van der Waals surface area contributed by atoms with Crippen LogP contribution < -0.4 is 9.47 Å². The second-order valence-electron chi connectivity index (χ2n) is 7.30. The summed E-state index contributed by atoms with van der Waals surface area (Å²) in [6.07, 6.45) is 1.78. The molecule has 4 aromatic carbocycles. The summed E-state index contributed by atoms with van der Waals surface area (Å²) in [5.74, 6) is 0.871. The van der Waals surface area contributed by atoms with Gasteiger partial charge >= 0.3 is 0 Å². The molecule has 6 heteroatoms. The van der Waals surface area contributed by atoms with Gasteiger partial charge in [0.25, 0.3) is 0 Å². The molecule has 164 valence electrons. The summed E-state index contributed by atoms with van der Waals surface area (Å²) in [6.45, 7) is 0.239. The average molecular weight is 495 g/mol. The molecule has 4 rings (SSSR count). The van der Waals surface area contributed by atoms with Gasteiger partial charge in [0.1, 0.15) is 6.61 Å². The number of ether oxygens (including phenoxy) is 2. The fraction of sp³-hybridized carbons (Fsp3) is 0.0741. The third-order valence-corrected chi connectivity index (χ3v) is 6.13. The van der Waals surface area contributed by atoms with Gasteiger partial charge in [0, 0.05) is 0 Å². The predicted octanol–water partition coefficient (Wildman–Crippen LogP) is 8.45. The van der Waals surface area contributed by atoms with Gasteiger partial charge in [-0.15, -0.1) is 0 Å². The van der Waals surface area contributed by atoms with E-state index in [4.69, 9.17) is 44.3 Å². The number of nitriles is 1. The molecule has 0 saturated heterocycles. The summed E-state index contributed by atoms with van der Waals surface area (Å²) in [5, 5.41) is 13.3. The molecule has 0 fully saturated rings. The summed E-state index contributed by atoms with van der Waals surface area (Å²) in [5.41, 5.74) is 2.91. The van der Waals surface area contributed by atoms with Gasteiger partial charge in [-0.2, -0.15) is 5.26 Å². The monoisotopic (exact) mass is 493 g/mol. The SMILES string of the molecule is COc1cc(/C=C(/C#N)c2ccc3ccccc3c2)cc(Cl)c1OCc1ccc(Cl)c(Cl)c1. The first kappa shape index (κ1) is 23.0. The van der Waals surface area contributed by atoms with Crippen LogP contribution >= 0.6 is 34.8 Å². The van der Waals surface area contributed by atoms with Gasteiger partial charge in [0.2, 0.25) is 0 Å². The molecule has 3 nitrogen and oxygen atoms in total. The van der Waals surface area contributed by atoms with E-state index in [0.29, 0.717) is 32.1 Å². The highest BCUT2D eigenvalue weighted by atomic mass is 35.5. The molecule has 0 aromatic heterocycles. The third kappa shape index (κ3) is 5.26. The fourth-order valence-electron chi connectivity index (χ4n) is 3.45. The Morgan fingerprint density at radius 2 is 1.67 bits per heavy atom. The number of nitrogens with zero attached hydrogens (tertiary/aromatic N) is 1. The van der Waals surface area contributed by atoms with Gasteiger partial charge in [0.05, 0.1) is 33.8 Å². The summed E-state index contributed by atoms with van der Waals surface area (Å²) in [6, 6.07) is 25.1. The van der Waals surface area contributed by atoms with E-state index < -0.39 is 0 Å². The van der Waals surface area contributed by atoms with Crippen LogP contribution in [0.15, 0.2) is 72.8 Å². The Balaban J connectivity index is 1.63. The summed E-state index contributed by atoms with van der Waals surface area (Å²) in [4.78, 5) is 0. The second-order valence-corrected chi connectivity index (χ2v) is 8.52. The lowest BCUT2D eigenvalue weighted by Crippen LogP contribution is -1.99. The Morgan fingerprint density at radius 3 is 2.39 bits per heavy atom. The predicted molar refractivity (Wildman–Crippen MR) is 136 cm³/mol. The zero-order valence-corrected chi connectivity index (χ0v) is 19.9. The van der Waals surface area contributed by atoms with E-state index in [1.165, 1.54) is 0 Å². The fourth-order valence-corrected chi connectivity index (χ4v) is 4.05. The molecule has 0 saturated carbocycles. The van der Waals surface area contributed by atoms with Crippen molar-refractivity contribution < 1.29 is 9.47 Å². The van der Waals surface area contributed by atoms with Crippen molar-refractivity contribution in [2.75, 3.05) is 7.11 Å². The normalized spacial score (nSPS) is 11.3. The zero-order valence-electron chi connectivity index (χ0n) is 17.6. The topological polar surface area (TPSA) is 42.2 Å². The van der Waals surface area contributed by atoms with Crippen molar-refractivity contribution in [3.63, 3.8) is 0 Å². The number of benzene rings is 4. The van der Waals surface area contributed by atoms with E-state index in [2.05, 4.69) is 6.07 Å². The molecule has 0 N–H and O–H groups in total. The van der Waals surface area contributed by atoms with Gasteiger partial charge in [0.15, 0.2) is 11.5 Å². The van der Waals surface area contributed by atoms with Crippen LogP contribution in [0.3, 0.4) is 0 Å². The lowest BCUT2D eigenvalue weighted by Gasteiger charge is -2.14. The molecule has 0 amide bonds.